The predicted octanol–water partition coefficient (Wildman–Crippen LogP) is 1.68. The van der Waals surface area contributed by atoms with Gasteiger partial charge in [0.15, 0.2) is 0 Å². The Balaban J connectivity index is 2.30. The van der Waals surface area contributed by atoms with Crippen LogP contribution < -0.4 is 11.1 Å². The minimum absolute atomic E-state index is 0.215. The van der Waals surface area contributed by atoms with Crippen LogP contribution in [0.2, 0.25) is 0 Å². The summed E-state index contributed by atoms with van der Waals surface area (Å²) in [5.74, 6) is 0. The second kappa shape index (κ2) is 3.04. The van der Waals surface area contributed by atoms with E-state index in [4.69, 9.17) is 5.73 Å². The van der Waals surface area contributed by atoms with Crippen LogP contribution in [0.4, 0.5) is 5.69 Å². The Bertz CT molecular complexity index is 318. The summed E-state index contributed by atoms with van der Waals surface area (Å²) >= 11 is 0. The highest BCUT2D eigenvalue weighted by atomic mass is 15.0. The molecular weight excluding hydrogens is 160 g/mol. The monoisotopic (exact) mass is 176 g/mol. The van der Waals surface area contributed by atoms with Gasteiger partial charge in [0, 0.05) is 17.8 Å². The van der Waals surface area contributed by atoms with E-state index in [2.05, 4.69) is 37.4 Å². The van der Waals surface area contributed by atoms with E-state index in [1.165, 1.54) is 16.8 Å². The molecule has 2 heteroatoms. The van der Waals surface area contributed by atoms with Crippen LogP contribution in [0, 0.1) is 6.92 Å². The van der Waals surface area contributed by atoms with Gasteiger partial charge in [0.05, 0.1) is 0 Å². The second-order valence-electron chi connectivity index (χ2n) is 3.92. The van der Waals surface area contributed by atoms with Gasteiger partial charge in [0.2, 0.25) is 0 Å². The summed E-state index contributed by atoms with van der Waals surface area (Å²) in [5, 5.41) is 3.48. The molecule has 2 atom stereocenters. The molecule has 1 aliphatic rings. The van der Waals surface area contributed by atoms with Crippen LogP contribution in [0.5, 0.6) is 0 Å². The fraction of sp³-hybridized carbons (Fsp3) is 0.455. The molecule has 13 heavy (non-hydrogen) atoms. The van der Waals surface area contributed by atoms with Crippen molar-refractivity contribution >= 4 is 5.69 Å². The van der Waals surface area contributed by atoms with Crippen LogP contribution in [0.25, 0.3) is 0 Å². The van der Waals surface area contributed by atoms with Crippen LogP contribution in [0.15, 0.2) is 18.2 Å². The van der Waals surface area contributed by atoms with E-state index in [0.717, 1.165) is 6.42 Å². The second-order valence-corrected chi connectivity index (χ2v) is 3.92. The number of hydrogen-bond acceptors (Lipinski definition) is 2. The third-order valence-corrected chi connectivity index (χ3v) is 2.76. The summed E-state index contributed by atoms with van der Waals surface area (Å²) in [6, 6.07) is 7.05. The Labute approximate surface area is 79.1 Å². The Morgan fingerprint density at radius 2 is 2.31 bits per heavy atom. The maximum absolute atomic E-state index is 5.86. The van der Waals surface area contributed by atoms with Gasteiger partial charge in [-0.15, -0.1) is 0 Å². The lowest BCUT2D eigenvalue weighted by Crippen LogP contribution is -2.36. The molecule has 70 valence electrons. The third kappa shape index (κ3) is 1.42. The van der Waals surface area contributed by atoms with Crippen molar-refractivity contribution in [2.75, 3.05) is 5.32 Å². The zero-order chi connectivity index (χ0) is 9.42. The Morgan fingerprint density at radius 1 is 1.54 bits per heavy atom. The highest BCUT2D eigenvalue weighted by Crippen LogP contribution is 2.29. The largest absolute Gasteiger partial charge is 0.380 e. The van der Waals surface area contributed by atoms with Crippen molar-refractivity contribution < 1.29 is 0 Å². The van der Waals surface area contributed by atoms with E-state index >= 15 is 0 Å². The quantitative estimate of drug-likeness (QED) is 0.683. The van der Waals surface area contributed by atoms with Gasteiger partial charge in [0.25, 0.3) is 0 Å². The van der Waals surface area contributed by atoms with E-state index in [9.17, 15) is 0 Å². The average molecular weight is 176 g/mol. The molecule has 1 heterocycles. The maximum Gasteiger partial charge on any atom is 0.0451 e. The summed E-state index contributed by atoms with van der Waals surface area (Å²) in [4.78, 5) is 0. The van der Waals surface area contributed by atoms with Crippen molar-refractivity contribution in [2.24, 2.45) is 5.73 Å². The van der Waals surface area contributed by atoms with Gasteiger partial charge in [0.1, 0.15) is 0 Å². The van der Waals surface area contributed by atoms with Gasteiger partial charge in [-0.05, 0) is 31.4 Å². The van der Waals surface area contributed by atoms with Crippen LogP contribution in [-0.4, -0.2) is 12.1 Å². The fourth-order valence-electron chi connectivity index (χ4n) is 1.90. The molecule has 2 nitrogen and oxygen atoms in total. The van der Waals surface area contributed by atoms with E-state index in [1.54, 1.807) is 0 Å². The summed E-state index contributed by atoms with van der Waals surface area (Å²) in [6.45, 7) is 4.19. The number of hydrogen-bond donors (Lipinski definition) is 2. The highest BCUT2D eigenvalue weighted by Gasteiger charge is 2.23. The van der Waals surface area contributed by atoms with Gasteiger partial charge in [-0.25, -0.2) is 0 Å². The smallest absolute Gasteiger partial charge is 0.0451 e. The normalized spacial score (nSPS) is 22.2. The van der Waals surface area contributed by atoms with Crippen molar-refractivity contribution in [1.29, 1.82) is 0 Å². The SMILES string of the molecule is Cc1cccc2c1NC(C(C)N)C2. The maximum atomic E-state index is 5.86. The molecule has 1 aromatic rings. The van der Waals surface area contributed by atoms with Crippen molar-refractivity contribution in [1.82, 2.24) is 0 Å². The Hall–Kier alpha value is -1.02. The average Bonchev–Trinajstić information content (AvgIpc) is 2.49. The fourth-order valence-corrected chi connectivity index (χ4v) is 1.90. The predicted molar refractivity (Wildman–Crippen MR) is 55.9 cm³/mol. The minimum Gasteiger partial charge on any atom is -0.380 e. The number of fused-ring (bicyclic) bond motifs is 1. The number of anilines is 1. The molecule has 0 saturated heterocycles. The molecule has 0 bridgehead atoms. The molecule has 3 N–H and O–H groups in total. The minimum atomic E-state index is 0.215. The van der Waals surface area contributed by atoms with E-state index in [-0.39, 0.29) is 6.04 Å². The number of aryl methyl sites for hydroxylation is 1. The molecular formula is C11H16N2. The van der Waals surface area contributed by atoms with Crippen molar-refractivity contribution in [3.63, 3.8) is 0 Å². The molecule has 0 fully saturated rings. The lowest BCUT2D eigenvalue weighted by molar-refractivity contribution is 0.612. The number of benzene rings is 1. The third-order valence-electron chi connectivity index (χ3n) is 2.76. The first-order chi connectivity index (χ1) is 6.18. The molecule has 0 spiro atoms. The summed E-state index contributed by atoms with van der Waals surface area (Å²) in [7, 11) is 0. The summed E-state index contributed by atoms with van der Waals surface area (Å²) < 4.78 is 0. The zero-order valence-electron chi connectivity index (χ0n) is 8.17. The molecule has 0 aliphatic carbocycles. The van der Waals surface area contributed by atoms with Crippen LogP contribution in [-0.2, 0) is 6.42 Å². The van der Waals surface area contributed by atoms with Gasteiger partial charge >= 0.3 is 0 Å². The first kappa shape index (κ1) is 8.57. The van der Waals surface area contributed by atoms with E-state index in [0.29, 0.717) is 6.04 Å². The lowest BCUT2D eigenvalue weighted by Gasteiger charge is -2.15. The topological polar surface area (TPSA) is 38.0 Å². The molecule has 0 aromatic heterocycles. The summed E-state index contributed by atoms with van der Waals surface area (Å²) in [6.07, 6.45) is 1.06. The molecule has 0 amide bonds. The zero-order valence-corrected chi connectivity index (χ0v) is 8.17. The lowest BCUT2D eigenvalue weighted by atomic mass is 10.0. The van der Waals surface area contributed by atoms with E-state index in [1.807, 2.05) is 0 Å². The van der Waals surface area contributed by atoms with Crippen LogP contribution in [0.1, 0.15) is 18.1 Å². The highest BCUT2D eigenvalue weighted by molar-refractivity contribution is 5.62. The molecule has 1 aliphatic heterocycles. The summed E-state index contributed by atoms with van der Waals surface area (Å²) in [5.41, 5.74) is 9.89. The van der Waals surface area contributed by atoms with E-state index < -0.39 is 0 Å². The van der Waals surface area contributed by atoms with Crippen molar-refractivity contribution in [3.8, 4) is 0 Å². The number of nitrogens with one attached hydrogen (secondary N) is 1. The van der Waals surface area contributed by atoms with Crippen molar-refractivity contribution in [2.45, 2.75) is 32.4 Å². The standard InChI is InChI=1S/C11H16N2/c1-7-4-3-5-9-6-10(8(2)12)13-11(7)9/h3-5,8,10,13H,6,12H2,1-2H3. The first-order valence-electron chi connectivity index (χ1n) is 4.79. The number of para-hydroxylation sites is 1. The Kier molecular flexibility index (Phi) is 2.00. The van der Waals surface area contributed by atoms with Crippen molar-refractivity contribution in [3.05, 3.63) is 29.3 Å². The Morgan fingerprint density at radius 3 is 2.92 bits per heavy atom. The van der Waals surface area contributed by atoms with Gasteiger partial charge in [-0.1, -0.05) is 18.2 Å². The van der Waals surface area contributed by atoms with Gasteiger partial charge in [-0.3, -0.25) is 0 Å². The molecule has 0 saturated carbocycles. The molecule has 0 radical (unpaired) electrons. The molecule has 1 aromatic carbocycles. The molecule has 2 unspecified atom stereocenters. The molecule has 2 rings (SSSR count). The van der Waals surface area contributed by atoms with Gasteiger partial charge in [-0.2, -0.15) is 0 Å². The number of rotatable bonds is 1. The van der Waals surface area contributed by atoms with Crippen LogP contribution in [0.3, 0.4) is 0 Å². The first-order valence-corrected chi connectivity index (χ1v) is 4.79. The van der Waals surface area contributed by atoms with Gasteiger partial charge < -0.3 is 11.1 Å². The van der Waals surface area contributed by atoms with Crippen LogP contribution >= 0.6 is 0 Å². The number of nitrogens with two attached hydrogens (primary N) is 1.